The van der Waals surface area contributed by atoms with E-state index >= 15 is 0 Å². The number of carbonyl (C=O) groups is 2. The van der Waals surface area contributed by atoms with Gasteiger partial charge in [0.05, 0.1) is 13.0 Å². The molecular formula is C25H38N4O3. The molecule has 176 valence electrons. The fraction of sp³-hybridized carbons (Fsp3) is 0.680. The zero-order valence-corrected chi connectivity index (χ0v) is 19.6. The molecular weight excluding hydrogens is 404 g/mol. The Hall–Kier alpha value is -2.28. The fourth-order valence-electron chi connectivity index (χ4n) is 5.45. The number of amides is 2. The van der Waals surface area contributed by atoms with Crippen molar-refractivity contribution in [1.82, 2.24) is 15.1 Å². The van der Waals surface area contributed by atoms with Gasteiger partial charge in [0.2, 0.25) is 5.91 Å². The van der Waals surface area contributed by atoms with Crippen molar-refractivity contribution in [2.24, 2.45) is 0 Å². The van der Waals surface area contributed by atoms with Gasteiger partial charge in [0.1, 0.15) is 0 Å². The third-order valence-electron chi connectivity index (χ3n) is 7.29. The molecule has 0 saturated carbocycles. The molecule has 0 aliphatic carbocycles. The van der Waals surface area contributed by atoms with Gasteiger partial charge in [0, 0.05) is 50.0 Å². The third-order valence-corrected chi connectivity index (χ3v) is 7.29. The van der Waals surface area contributed by atoms with Crippen LogP contribution in [-0.2, 0) is 16.0 Å². The van der Waals surface area contributed by atoms with Crippen LogP contribution < -0.4 is 10.2 Å². The van der Waals surface area contributed by atoms with Crippen LogP contribution in [0, 0.1) is 0 Å². The van der Waals surface area contributed by atoms with Gasteiger partial charge in [0.25, 0.3) is 0 Å². The molecule has 32 heavy (non-hydrogen) atoms. The smallest absolute Gasteiger partial charge is 0.409 e. The van der Waals surface area contributed by atoms with Crippen LogP contribution in [-0.4, -0.2) is 79.3 Å². The number of anilines is 1. The Balaban J connectivity index is 1.21. The number of piperidine rings is 1. The van der Waals surface area contributed by atoms with Crippen molar-refractivity contribution in [3.05, 3.63) is 29.8 Å². The van der Waals surface area contributed by atoms with Crippen LogP contribution in [0.3, 0.4) is 0 Å². The predicted octanol–water partition coefficient (Wildman–Crippen LogP) is 3.03. The maximum atomic E-state index is 12.5. The van der Waals surface area contributed by atoms with E-state index in [-0.39, 0.29) is 18.0 Å². The molecule has 0 radical (unpaired) electrons. The Kier molecular flexibility index (Phi) is 7.55. The lowest BCUT2D eigenvalue weighted by Gasteiger charge is -2.31. The number of carbonyl (C=O) groups excluding carboxylic acids is 2. The quantitative estimate of drug-likeness (QED) is 0.734. The Bertz CT molecular complexity index is 776. The van der Waals surface area contributed by atoms with Crippen LogP contribution >= 0.6 is 0 Å². The maximum absolute atomic E-state index is 12.5. The van der Waals surface area contributed by atoms with E-state index in [2.05, 4.69) is 46.3 Å². The van der Waals surface area contributed by atoms with Crippen LogP contribution in [0.1, 0.15) is 51.5 Å². The first-order valence-corrected chi connectivity index (χ1v) is 12.3. The minimum Gasteiger partial charge on any atom is -0.450 e. The molecule has 3 heterocycles. The van der Waals surface area contributed by atoms with Crippen molar-refractivity contribution in [3.8, 4) is 0 Å². The van der Waals surface area contributed by atoms with Crippen LogP contribution in [0.5, 0.6) is 0 Å². The second kappa shape index (κ2) is 10.6. The lowest BCUT2D eigenvalue weighted by molar-refractivity contribution is -0.121. The van der Waals surface area contributed by atoms with Crippen molar-refractivity contribution in [3.63, 3.8) is 0 Å². The molecule has 3 aliphatic rings. The van der Waals surface area contributed by atoms with E-state index in [1.807, 2.05) is 6.92 Å². The highest BCUT2D eigenvalue weighted by atomic mass is 16.6. The normalized spacial score (nSPS) is 24.7. The standard InChI is InChI=1S/C25H38N4O3/c1-3-32-25(31)27-14-10-21(11-15-27)26-24(30)17-20-6-8-22(9-7-20)28-16-12-23(18-28)29-13-4-5-19(29)2/h6-9,19,21,23H,3-5,10-18H2,1-2H3,(H,26,30)/t19-,23-/m0/s1. The van der Waals surface area contributed by atoms with E-state index in [0.29, 0.717) is 32.2 Å². The van der Waals surface area contributed by atoms with Gasteiger partial charge in [-0.25, -0.2) is 4.79 Å². The molecule has 0 unspecified atom stereocenters. The van der Waals surface area contributed by atoms with E-state index < -0.39 is 0 Å². The van der Waals surface area contributed by atoms with Crippen LogP contribution in [0.4, 0.5) is 10.5 Å². The van der Waals surface area contributed by atoms with Gasteiger partial charge >= 0.3 is 6.09 Å². The molecule has 2 amide bonds. The maximum Gasteiger partial charge on any atom is 0.409 e. The topological polar surface area (TPSA) is 65.1 Å². The summed E-state index contributed by atoms with van der Waals surface area (Å²) in [6, 6.07) is 10.0. The summed E-state index contributed by atoms with van der Waals surface area (Å²) in [5, 5.41) is 3.14. The molecule has 1 N–H and O–H groups in total. The molecule has 4 rings (SSSR count). The lowest BCUT2D eigenvalue weighted by Crippen LogP contribution is -2.47. The second-order valence-electron chi connectivity index (χ2n) is 9.49. The van der Waals surface area contributed by atoms with Crippen molar-refractivity contribution >= 4 is 17.7 Å². The molecule has 1 aromatic carbocycles. The number of nitrogens with zero attached hydrogens (tertiary/aromatic N) is 3. The molecule has 3 saturated heterocycles. The van der Waals surface area contributed by atoms with Crippen molar-refractivity contribution in [2.45, 2.75) is 70.5 Å². The SMILES string of the molecule is CCOC(=O)N1CCC(NC(=O)Cc2ccc(N3CC[C@H](N4CCC[C@@H]4C)C3)cc2)CC1. The Morgan fingerprint density at radius 3 is 2.44 bits per heavy atom. The summed E-state index contributed by atoms with van der Waals surface area (Å²) in [6.45, 7) is 9.29. The minimum atomic E-state index is -0.253. The van der Waals surface area contributed by atoms with Crippen molar-refractivity contribution < 1.29 is 14.3 Å². The largest absolute Gasteiger partial charge is 0.450 e. The Labute approximate surface area is 192 Å². The van der Waals surface area contributed by atoms with E-state index in [1.54, 1.807) is 4.90 Å². The number of ether oxygens (including phenoxy) is 1. The van der Waals surface area contributed by atoms with Gasteiger partial charge in [-0.3, -0.25) is 9.69 Å². The van der Waals surface area contributed by atoms with E-state index in [1.165, 1.54) is 31.5 Å². The van der Waals surface area contributed by atoms with Crippen LogP contribution in [0.25, 0.3) is 0 Å². The minimum absolute atomic E-state index is 0.0524. The molecule has 2 atom stereocenters. The Morgan fingerprint density at radius 2 is 1.78 bits per heavy atom. The first-order chi connectivity index (χ1) is 15.5. The summed E-state index contributed by atoms with van der Waals surface area (Å²) in [7, 11) is 0. The third kappa shape index (κ3) is 5.55. The molecule has 3 fully saturated rings. The molecule has 3 aliphatic heterocycles. The molecule has 0 bridgehead atoms. The zero-order valence-electron chi connectivity index (χ0n) is 19.6. The highest BCUT2D eigenvalue weighted by molar-refractivity contribution is 5.79. The van der Waals surface area contributed by atoms with Crippen LogP contribution in [0.2, 0.25) is 0 Å². The molecule has 1 aromatic rings. The predicted molar refractivity (Wildman–Crippen MR) is 126 cm³/mol. The highest BCUT2D eigenvalue weighted by Crippen LogP contribution is 2.28. The van der Waals surface area contributed by atoms with Gasteiger partial charge in [-0.1, -0.05) is 12.1 Å². The lowest BCUT2D eigenvalue weighted by atomic mass is 10.0. The van der Waals surface area contributed by atoms with Gasteiger partial charge in [-0.2, -0.15) is 0 Å². The summed E-state index contributed by atoms with van der Waals surface area (Å²) in [5.74, 6) is 0.0524. The van der Waals surface area contributed by atoms with E-state index in [4.69, 9.17) is 4.74 Å². The number of benzene rings is 1. The Morgan fingerprint density at radius 1 is 1.03 bits per heavy atom. The fourth-order valence-corrected chi connectivity index (χ4v) is 5.45. The molecule has 0 aromatic heterocycles. The molecule has 7 nitrogen and oxygen atoms in total. The zero-order chi connectivity index (χ0) is 22.5. The van der Waals surface area contributed by atoms with Gasteiger partial charge in [-0.05, 0) is 70.2 Å². The van der Waals surface area contributed by atoms with Gasteiger partial charge in [0.15, 0.2) is 0 Å². The molecule has 7 heteroatoms. The monoisotopic (exact) mass is 442 g/mol. The summed E-state index contributed by atoms with van der Waals surface area (Å²) in [4.78, 5) is 31.2. The summed E-state index contributed by atoms with van der Waals surface area (Å²) in [5.41, 5.74) is 2.30. The number of likely N-dealkylation sites (tertiary alicyclic amines) is 2. The summed E-state index contributed by atoms with van der Waals surface area (Å²) < 4.78 is 5.05. The molecule has 0 spiro atoms. The van der Waals surface area contributed by atoms with E-state index in [0.717, 1.165) is 37.5 Å². The summed E-state index contributed by atoms with van der Waals surface area (Å²) in [6.07, 6.45) is 5.59. The average Bonchev–Trinajstić information content (AvgIpc) is 3.44. The second-order valence-corrected chi connectivity index (χ2v) is 9.49. The van der Waals surface area contributed by atoms with Crippen LogP contribution in [0.15, 0.2) is 24.3 Å². The van der Waals surface area contributed by atoms with Crippen molar-refractivity contribution in [1.29, 1.82) is 0 Å². The first-order valence-electron chi connectivity index (χ1n) is 12.3. The summed E-state index contributed by atoms with van der Waals surface area (Å²) >= 11 is 0. The van der Waals surface area contributed by atoms with E-state index in [9.17, 15) is 9.59 Å². The number of hydrogen-bond donors (Lipinski definition) is 1. The average molecular weight is 443 g/mol. The van der Waals surface area contributed by atoms with Gasteiger partial charge in [-0.15, -0.1) is 0 Å². The number of rotatable bonds is 6. The number of hydrogen-bond acceptors (Lipinski definition) is 5. The highest BCUT2D eigenvalue weighted by Gasteiger charge is 2.33. The van der Waals surface area contributed by atoms with Gasteiger partial charge < -0.3 is 19.9 Å². The van der Waals surface area contributed by atoms with Crippen molar-refractivity contribution in [2.75, 3.05) is 44.2 Å². The number of nitrogens with one attached hydrogen (secondary N) is 1. The first kappa shape index (κ1) is 22.9.